The molecule has 1 aliphatic heterocycles. The first kappa shape index (κ1) is 8.61. The second-order valence-electron chi connectivity index (χ2n) is 4.47. The second kappa shape index (κ2) is 2.76. The molecule has 0 aliphatic carbocycles. The third kappa shape index (κ3) is 1.32. The Kier molecular flexibility index (Phi) is 1.83. The van der Waals surface area contributed by atoms with E-state index in [4.69, 9.17) is 0 Å². The summed E-state index contributed by atoms with van der Waals surface area (Å²) in [5.41, 5.74) is 4.53. The molecule has 1 N–H and O–H groups in total. The molecule has 0 spiro atoms. The molecule has 0 fully saturated rings. The molecule has 1 nitrogen and oxygen atoms in total. The maximum absolute atomic E-state index is 3.47. The summed E-state index contributed by atoms with van der Waals surface area (Å²) in [5.74, 6) is 0. The van der Waals surface area contributed by atoms with Crippen molar-refractivity contribution >= 4 is 5.69 Å². The highest BCUT2D eigenvalue weighted by atomic mass is 14.9. The lowest BCUT2D eigenvalue weighted by atomic mass is 9.86. The Hall–Kier alpha value is -0.980. The van der Waals surface area contributed by atoms with Crippen molar-refractivity contribution < 1.29 is 0 Å². The van der Waals surface area contributed by atoms with Crippen LogP contribution in [0, 0.1) is 0 Å². The van der Waals surface area contributed by atoms with Crippen LogP contribution in [-0.4, -0.2) is 6.54 Å². The van der Waals surface area contributed by atoms with Crippen LogP contribution in [0.1, 0.15) is 31.9 Å². The molecular weight excluding hydrogens is 158 g/mol. The van der Waals surface area contributed by atoms with Crippen LogP contribution in [0.15, 0.2) is 18.2 Å². The molecule has 0 unspecified atom stereocenters. The minimum atomic E-state index is 0.307. The highest BCUT2D eigenvalue weighted by Gasteiger charge is 2.29. The van der Waals surface area contributed by atoms with Crippen LogP contribution in [0.3, 0.4) is 0 Å². The predicted molar refractivity (Wildman–Crippen MR) is 57.3 cm³/mol. The number of hydrogen-bond donors (Lipinski definition) is 1. The molecule has 0 saturated carbocycles. The van der Waals surface area contributed by atoms with Crippen molar-refractivity contribution in [3.05, 3.63) is 29.3 Å². The molecule has 1 heteroatoms. The van der Waals surface area contributed by atoms with Crippen LogP contribution in [-0.2, 0) is 11.8 Å². The fourth-order valence-electron chi connectivity index (χ4n) is 1.96. The minimum absolute atomic E-state index is 0.307. The molecule has 0 bridgehead atoms. The molecule has 13 heavy (non-hydrogen) atoms. The molecule has 0 radical (unpaired) electrons. The number of fused-ring (bicyclic) bond motifs is 1. The van der Waals surface area contributed by atoms with Gasteiger partial charge in [-0.3, -0.25) is 0 Å². The van der Waals surface area contributed by atoms with E-state index >= 15 is 0 Å². The zero-order valence-corrected chi connectivity index (χ0v) is 8.65. The van der Waals surface area contributed by atoms with E-state index in [1.54, 1.807) is 0 Å². The van der Waals surface area contributed by atoms with Crippen LogP contribution < -0.4 is 5.32 Å². The first-order valence-corrected chi connectivity index (χ1v) is 5.01. The van der Waals surface area contributed by atoms with E-state index in [-0.39, 0.29) is 0 Å². The van der Waals surface area contributed by atoms with Crippen molar-refractivity contribution in [1.82, 2.24) is 0 Å². The van der Waals surface area contributed by atoms with Gasteiger partial charge in [0.05, 0.1) is 0 Å². The van der Waals surface area contributed by atoms with E-state index in [0.29, 0.717) is 5.41 Å². The topological polar surface area (TPSA) is 12.0 Å². The molecule has 70 valence electrons. The van der Waals surface area contributed by atoms with Gasteiger partial charge in [-0.1, -0.05) is 32.9 Å². The van der Waals surface area contributed by atoms with E-state index in [0.717, 1.165) is 13.0 Å². The first-order valence-electron chi connectivity index (χ1n) is 5.01. The molecule has 1 heterocycles. The zero-order chi connectivity index (χ0) is 9.47. The van der Waals surface area contributed by atoms with Crippen LogP contribution >= 0.6 is 0 Å². The van der Waals surface area contributed by atoms with Gasteiger partial charge in [-0.15, -0.1) is 0 Å². The Morgan fingerprint density at radius 2 is 2.15 bits per heavy atom. The minimum Gasteiger partial charge on any atom is -0.384 e. The van der Waals surface area contributed by atoms with Crippen molar-refractivity contribution in [2.24, 2.45) is 0 Å². The molecule has 1 aromatic rings. The predicted octanol–water partition coefficient (Wildman–Crippen LogP) is 2.95. The third-order valence-electron chi connectivity index (χ3n) is 2.94. The summed E-state index contributed by atoms with van der Waals surface area (Å²) in [7, 11) is 0. The number of nitrogens with one attached hydrogen (secondary N) is 1. The molecule has 1 aromatic carbocycles. The number of anilines is 1. The van der Waals surface area contributed by atoms with Crippen molar-refractivity contribution in [2.75, 3.05) is 11.9 Å². The molecule has 2 rings (SSSR count). The van der Waals surface area contributed by atoms with Crippen molar-refractivity contribution in [3.8, 4) is 0 Å². The van der Waals surface area contributed by atoms with Gasteiger partial charge in [-0.05, 0) is 23.6 Å². The molecule has 0 saturated heterocycles. The highest BCUT2D eigenvalue weighted by Crippen LogP contribution is 2.36. The Morgan fingerprint density at radius 1 is 1.38 bits per heavy atom. The summed E-state index contributed by atoms with van der Waals surface area (Å²) >= 11 is 0. The van der Waals surface area contributed by atoms with Crippen LogP contribution in [0.25, 0.3) is 0 Å². The highest BCUT2D eigenvalue weighted by molar-refractivity contribution is 5.61. The van der Waals surface area contributed by atoms with Gasteiger partial charge in [0.2, 0.25) is 0 Å². The van der Waals surface area contributed by atoms with Gasteiger partial charge in [0.25, 0.3) is 0 Å². The standard InChI is InChI=1S/C12H17N/c1-4-9-5-6-10-11(7-9)13-8-12(10,2)3/h5-7,13H,4,8H2,1-3H3. The molecule has 1 aliphatic rings. The van der Waals surface area contributed by atoms with E-state index in [9.17, 15) is 0 Å². The maximum Gasteiger partial charge on any atom is 0.0381 e. The van der Waals surface area contributed by atoms with Crippen molar-refractivity contribution in [1.29, 1.82) is 0 Å². The van der Waals surface area contributed by atoms with Crippen LogP contribution in [0.2, 0.25) is 0 Å². The zero-order valence-electron chi connectivity index (χ0n) is 8.65. The Bertz CT molecular complexity index is 326. The van der Waals surface area contributed by atoms with Gasteiger partial charge >= 0.3 is 0 Å². The largest absolute Gasteiger partial charge is 0.384 e. The van der Waals surface area contributed by atoms with Gasteiger partial charge in [0.1, 0.15) is 0 Å². The van der Waals surface area contributed by atoms with Gasteiger partial charge in [-0.2, -0.15) is 0 Å². The average molecular weight is 175 g/mol. The maximum atomic E-state index is 3.47. The number of benzene rings is 1. The fourth-order valence-corrected chi connectivity index (χ4v) is 1.96. The number of aryl methyl sites for hydroxylation is 1. The lowest BCUT2D eigenvalue weighted by Gasteiger charge is -2.16. The quantitative estimate of drug-likeness (QED) is 0.692. The Balaban J connectivity index is 2.46. The van der Waals surface area contributed by atoms with Gasteiger partial charge in [-0.25, -0.2) is 0 Å². The number of rotatable bonds is 1. The van der Waals surface area contributed by atoms with Crippen molar-refractivity contribution in [2.45, 2.75) is 32.6 Å². The average Bonchev–Trinajstić information content (AvgIpc) is 2.42. The lowest BCUT2D eigenvalue weighted by Crippen LogP contribution is -2.18. The summed E-state index contributed by atoms with van der Waals surface area (Å²) in [6, 6.07) is 6.80. The summed E-state index contributed by atoms with van der Waals surface area (Å²) in [5, 5.41) is 3.47. The third-order valence-corrected chi connectivity index (χ3v) is 2.94. The van der Waals surface area contributed by atoms with Crippen molar-refractivity contribution in [3.63, 3.8) is 0 Å². The second-order valence-corrected chi connectivity index (χ2v) is 4.47. The summed E-state index contributed by atoms with van der Waals surface area (Å²) in [6.45, 7) is 7.84. The first-order chi connectivity index (χ1) is 6.13. The van der Waals surface area contributed by atoms with E-state index < -0.39 is 0 Å². The summed E-state index contributed by atoms with van der Waals surface area (Å²) < 4.78 is 0. The normalized spacial score (nSPS) is 18.1. The van der Waals surface area contributed by atoms with E-state index in [2.05, 4.69) is 44.3 Å². The van der Waals surface area contributed by atoms with Gasteiger partial charge in [0.15, 0.2) is 0 Å². The molecule has 0 aromatic heterocycles. The van der Waals surface area contributed by atoms with Crippen LogP contribution in [0.5, 0.6) is 0 Å². The molecular formula is C12H17N. The molecule has 0 atom stereocenters. The summed E-state index contributed by atoms with van der Waals surface area (Å²) in [6.07, 6.45) is 1.12. The lowest BCUT2D eigenvalue weighted by molar-refractivity contribution is 0.586. The van der Waals surface area contributed by atoms with E-state index in [1.165, 1.54) is 16.8 Å². The Morgan fingerprint density at radius 3 is 2.85 bits per heavy atom. The monoisotopic (exact) mass is 175 g/mol. The van der Waals surface area contributed by atoms with Crippen LogP contribution in [0.4, 0.5) is 5.69 Å². The number of hydrogen-bond acceptors (Lipinski definition) is 1. The van der Waals surface area contributed by atoms with Gasteiger partial charge in [0, 0.05) is 17.6 Å². The summed E-state index contributed by atoms with van der Waals surface area (Å²) in [4.78, 5) is 0. The molecule has 0 amide bonds. The van der Waals surface area contributed by atoms with Gasteiger partial charge < -0.3 is 5.32 Å². The van der Waals surface area contributed by atoms with E-state index in [1.807, 2.05) is 0 Å². The smallest absolute Gasteiger partial charge is 0.0381 e. The Labute approximate surface area is 80.2 Å². The fraction of sp³-hybridized carbons (Fsp3) is 0.500. The SMILES string of the molecule is CCc1ccc2c(c1)NCC2(C)C.